The van der Waals surface area contributed by atoms with Crippen LogP contribution in [0.15, 0.2) is 0 Å². The van der Waals surface area contributed by atoms with Gasteiger partial charge in [0.25, 0.3) is 0 Å². The van der Waals surface area contributed by atoms with E-state index in [0.717, 1.165) is 12.0 Å². The predicted molar refractivity (Wildman–Crippen MR) is 71.8 cm³/mol. The summed E-state index contributed by atoms with van der Waals surface area (Å²) in [5.74, 6) is 1.02. The highest BCUT2D eigenvalue weighted by Gasteiger charge is 2.24. The van der Waals surface area contributed by atoms with E-state index < -0.39 is 0 Å². The third kappa shape index (κ3) is 6.49. The lowest BCUT2D eigenvalue weighted by atomic mass is 10.2. The van der Waals surface area contributed by atoms with Crippen molar-refractivity contribution in [1.29, 1.82) is 0 Å². The summed E-state index contributed by atoms with van der Waals surface area (Å²) in [6.45, 7) is 12.9. The minimum atomic E-state index is 0.632. The summed E-state index contributed by atoms with van der Waals surface area (Å²) in [6, 6.07) is 1.35. The van der Waals surface area contributed by atoms with E-state index in [2.05, 4.69) is 37.9 Å². The van der Waals surface area contributed by atoms with Gasteiger partial charge in [0, 0.05) is 18.6 Å². The topological polar surface area (TPSA) is 15.3 Å². The Balaban J connectivity index is 2.02. The molecule has 1 N–H and O–H groups in total. The first-order chi connectivity index (χ1) is 7.59. The van der Waals surface area contributed by atoms with Crippen LogP contribution in [0.3, 0.4) is 0 Å². The Hall–Kier alpha value is -0.0800. The van der Waals surface area contributed by atoms with E-state index in [1.54, 1.807) is 0 Å². The Kier molecular flexibility index (Phi) is 6.37. The van der Waals surface area contributed by atoms with Gasteiger partial charge in [0.15, 0.2) is 0 Å². The molecular weight excluding hydrogens is 196 g/mol. The first-order valence-electron chi connectivity index (χ1n) is 7.07. The molecule has 16 heavy (non-hydrogen) atoms. The molecule has 1 rings (SSSR count). The third-order valence-electron chi connectivity index (χ3n) is 3.34. The summed E-state index contributed by atoms with van der Waals surface area (Å²) in [4.78, 5) is 2.66. The van der Waals surface area contributed by atoms with Crippen LogP contribution in [0.25, 0.3) is 0 Å². The zero-order chi connectivity index (χ0) is 12.0. The van der Waals surface area contributed by atoms with Crippen LogP contribution in [0.5, 0.6) is 0 Å². The van der Waals surface area contributed by atoms with Crippen molar-refractivity contribution < 1.29 is 0 Å². The SMILES string of the molecule is CC(C)NCCCCN(CC1CC1)C(C)C. The van der Waals surface area contributed by atoms with Crippen molar-refractivity contribution >= 4 is 0 Å². The molecule has 0 aromatic carbocycles. The average molecular weight is 226 g/mol. The number of nitrogens with zero attached hydrogens (tertiary/aromatic N) is 1. The van der Waals surface area contributed by atoms with Gasteiger partial charge in [-0.3, -0.25) is 0 Å². The lowest BCUT2D eigenvalue weighted by Gasteiger charge is -2.26. The molecule has 0 bridgehead atoms. The molecule has 1 aliphatic carbocycles. The fraction of sp³-hybridized carbons (Fsp3) is 1.00. The highest BCUT2D eigenvalue weighted by Crippen LogP contribution is 2.30. The second-order valence-corrected chi connectivity index (χ2v) is 5.85. The molecule has 96 valence electrons. The molecule has 0 aromatic rings. The highest BCUT2D eigenvalue weighted by molar-refractivity contribution is 4.78. The number of hydrogen-bond acceptors (Lipinski definition) is 2. The van der Waals surface area contributed by atoms with Crippen LogP contribution < -0.4 is 5.32 Å². The van der Waals surface area contributed by atoms with E-state index in [1.807, 2.05) is 0 Å². The van der Waals surface area contributed by atoms with E-state index in [-0.39, 0.29) is 0 Å². The molecule has 0 aliphatic heterocycles. The van der Waals surface area contributed by atoms with E-state index >= 15 is 0 Å². The second-order valence-electron chi connectivity index (χ2n) is 5.85. The molecule has 1 aliphatic rings. The Labute approximate surface area is 102 Å². The number of rotatable bonds is 9. The van der Waals surface area contributed by atoms with Crippen molar-refractivity contribution in [1.82, 2.24) is 10.2 Å². The van der Waals surface area contributed by atoms with Gasteiger partial charge < -0.3 is 10.2 Å². The molecule has 0 saturated heterocycles. The summed E-state index contributed by atoms with van der Waals surface area (Å²) in [5, 5.41) is 3.48. The normalized spacial score (nSPS) is 16.7. The number of nitrogens with one attached hydrogen (secondary N) is 1. The first kappa shape index (κ1) is 14.0. The van der Waals surface area contributed by atoms with Crippen molar-refractivity contribution in [2.45, 2.75) is 65.5 Å². The standard InChI is InChI=1S/C14H30N2/c1-12(2)15-9-5-6-10-16(13(3)4)11-14-7-8-14/h12-15H,5-11H2,1-4H3. The lowest BCUT2D eigenvalue weighted by molar-refractivity contribution is 0.208. The van der Waals surface area contributed by atoms with Gasteiger partial charge in [-0.25, -0.2) is 0 Å². The largest absolute Gasteiger partial charge is 0.315 e. The fourth-order valence-electron chi connectivity index (χ4n) is 2.02. The second kappa shape index (κ2) is 7.29. The highest BCUT2D eigenvalue weighted by atomic mass is 15.1. The molecule has 2 nitrogen and oxygen atoms in total. The van der Waals surface area contributed by atoms with Gasteiger partial charge >= 0.3 is 0 Å². The van der Waals surface area contributed by atoms with Crippen molar-refractivity contribution in [3.8, 4) is 0 Å². The van der Waals surface area contributed by atoms with Crippen LogP contribution in [0.4, 0.5) is 0 Å². The van der Waals surface area contributed by atoms with Gasteiger partial charge in [-0.05, 0) is 58.5 Å². The minimum absolute atomic E-state index is 0.632. The van der Waals surface area contributed by atoms with Gasteiger partial charge in [0.2, 0.25) is 0 Å². The molecule has 0 unspecified atom stereocenters. The van der Waals surface area contributed by atoms with E-state index in [9.17, 15) is 0 Å². The van der Waals surface area contributed by atoms with Gasteiger partial charge in [-0.2, -0.15) is 0 Å². The van der Waals surface area contributed by atoms with Crippen LogP contribution in [0, 0.1) is 5.92 Å². The van der Waals surface area contributed by atoms with Gasteiger partial charge in [0.05, 0.1) is 0 Å². The van der Waals surface area contributed by atoms with Gasteiger partial charge in [0.1, 0.15) is 0 Å². The number of unbranched alkanes of at least 4 members (excludes halogenated alkanes) is 1. The summed E-state index contributed by atoms with van der Waals surface area (Å²) >= 11 is 0. The summed E-state index contributed by atoms with van der Waals surface area (Å²) in [6.07, 6.45) is 5.59. The Morgan fingerprint density at radius 1 is 1.12 bits per heavy atom. The van der Waals surface area contributed by atoms with Gasteiger partial charge in [-0.1, -0.05) is 13.8 Å². The molecule has 1 saturated carbocycles. The maximum Gasteiger partial charge on any atom is 0.00387 e. The Morgan fingerprint density at radius 3 is 2.31 bits per heavy atom. The van der Waals surface area contributed by atoms with Crippen LogP contribution in [0.2, 0.25) is 0 Å². The maximum absolute atomic E-state index is 3.48. The maximum atomic E-state index is 3.48. The molecule has 2 heteroatoms. The molecule has 0 amide bonds. The van der Waals surface area contributed by atoms with Crippen molar-refractivity contribution in [3.05, 3.63) is 0 Å². The van der Waals surface area contributed by atoms with Crippen molar-refractivity contribution in [3.63, 3.8) is 0 Å². The molecule has 0 aromatic heterocycles. The lowest BCUT2D eigenvalue weighted by Crippen LogP contribution is -2.34. The van der Waals surface area contributed by atoms with Crippen LogP contribution in [0.1, 0.15) is 53.4 Å². The molecule has 0 heterocycles. The summed E-state index contributed by atoms with van der Waals surface area (Å²) in [7, 11) is 0. The molecule has 1 fully saturated rings. The monoisotopic (exact) mass is 226 g/mol. The van der Waals surface area contributed by atoms with Crippen LogP contribution >= 0.6 is 0 Å². The van der Waals surface area contributed by atoms with E-state index in [4.69, 9.17) is 0 Å². The summed E-state index contributed by atoms with van der Waals surface area (Å²) in [5.41, 5.74) is 0. The molecule has 0 spiro atoms. The molecular formula is C14H30N2. The third-order valence-corrected chi connectivity index (χ3v) is 3.34. The first-order valence-corrected chi connectivity index (χ1v) is 7.07. The van der Waals surface area contributed by atoms with Crippen molar-refractivity contribution in [2.75, 3.05) is 19.6 Å². The smallest absolute Gasteiger partial charge is 0.00387 e. The van der Waals surface area contributed by atoms with Crippen LogP contribution in [-0.4, -0.2) is 36.6 Å². The van der Waals surface area contributed by atoms with Crippen LogP contribution in [-0.2, 0) is 0 Å². The number of hydrogen-bond donors (Lipinski definition) is 1. The fourth-order valence-corrected chi connectivity index (χ4v) is 2.02. The Morgan fingerprint density at radius 2 is 1.81 bits per heavy atom. The molecule has 0 atom stereocenters. The average Bonchev–Trinajstić information content (AvgIpc) is 2.98. The van der Waals surface area contributed by atoms with Gasteiger partial charge in [-0.15, -0.1) is 0 Å². The van der Waals surface area contributed by atoms with E-state index in [0.29, 0.717) is 6.04 Å². The zero-order valence-electron chi connectivity index (χ0n) is 11.6. The minimum Gasteiger partial charge on any atom is -0.315 e. The molecule has 0 radical (unpaired) electrons. The van der Waals surface area contributed by atoms with Crippen molar-refractivity contribution in [2.24, 2.45) is 5.92 Å². The Bertz CT molecular complexity index is 174. The quantitative estimate of drug-likeness (QED) is 0.608. The van der Waals surface area contributed by atoms with E-state index in [1.165, 1.54) is 45.3 Å². The summed E-state index contributed by atoms with van der Waals surface area (Å²) < 4.78 is 0. The zero-order valence-corrected chi connectivity index (χ0v) is 11.6. The predicted octanol–water partition coefficient (Wildman–Crippen LogP) is 2.89.